The standard InChI is InChI=1S/C17H11ClF4N2O2/c18-12-5-1-10(2-6-12)14-9-16(26,17(20,21)22)24(23-14)15(25)11-3-7-13(19)8-4-11/h1-8,26H,9H2/t16-/m0/s1. The minimum Gasteiger partial charge on any atom is -0.362 e. The van der Waals surface area contributed by atoms with E-state index in [1.165, 1.54) is 24.3 Å². The number of halogens is 5. The molecule has 1 atom stereocenters. The van der Waals surface area contributed by atoms with Crippen LogP contribution in [0.4, 0.5) is 17.6 Å². The second-order valence-electron chi connectivity index (χ2n) is 5.67. The topological polar surface area (TPSA) is 52.9 Å². The zero-order valence-electron chi connectivity index (χ0n) is 13.0. The average Bonchev–Trinajstić information content (AvgIpc) is 2.94. The van der Waals surface area contributed by atoms with E-state index < -0.39 is 30.0 Å². The summed E-state index contributed by atoms with van der Waals surface area (Å²) in [6.07, 6.45) is -6.09. The lowest BCUT2D eigenvalue weighted by Crippen LogP contribution is -2.56. The van der Waals surface area contributed by atoms with Gasteiger partial charge in [0.05, 0.1) is 12.1 Å². The SMILES string of the molecule is O=C(c1ccc(F)cc1)N1N=C(c2ccc(Cl)cc2)C[C@]1(O)C(F)(F)F. The molecule has 136 valence electrons. The Bertz CT molecular complexity index is 866. The van der Waals surface area contributed by atoms with E-state index in [0.717, 1.165) is 24.3 Å². The fraction of sp³-hybridized carbons (Fsp3) is 0.176. The fourth-order valence-electron chi connectivity index (χ4n) is 2.50. The highest BCUT2D eigenvalue weighted by Crippen LogP contribution is 2.42. The molecule has 0 spiro atoms. The third kappa shape index (κ3) is 3.17. The van der Waals surface area contributed by atoms with Gasteiger partial charge in [-0.15, -0.1) is 0 Å². The summed E-state index contributed by atoms with van der Waals surface area (Å²) in [4.78, 5) is 12.5. The molecule has 1 aliphatic heterocycles. The van der Waals surface area contributed by atoms with Gasteiger partial charge in [-0.2, -0.15) is 23.3 Å². The van der Waals surface area contributed by atoms with Crippen molar-refractivity contribution in [2.24, 2.45) is 5.10 Å². The number of hydrazone groups is 1. The Morgan fingerprint density at radius 1 is 1.12 bits per heavy atom. The molecule has 0 radical (unpaired) electrons. The van der Waals surface area contributed by atoms with Gasteiger partial charge in [0.2, 0.25) is 0 Å². The Labute approximate surface area is 150 Å². The summed E-state index contributed by atoms with van der Waals surface area (Å²) < 4.78 is 53.5. The lowest BCUT2D eigenvalue weighted by Gasteiger charge is -2.32. The number of amides is 1. The Morgan fingerprint density at radius 3 is 2.23 bits per heavy atom. The average molecular weight is 387 g/mol. The van der Waals surface area contributed by atoms with E-state index in [1.54, 1.807) is 0 Å². The number of nitrogens with zero attached hydrogens (tertiary/aromatic N) is 2. The van der Waals surface area contributed by atoms with Gasteiger partial charge in [-0.1, -0.05) is 23.7 Å². The summed E-state index contributed by atoms with van der Waals surface area (Å²) in [6, 6.07) is 9.68. The molecule has 4 nitrogen and oxygen atoms in total. The molecule has 0 fully saturated rings. The number of hydrogen-bond donors (Lipinski definition) is 1. The van der Waals surface area contributed by atoms with Gasteiger partial charge in [-0.25, -0.2) is 4.39 Å². The number of carbonyl (C=O) groups excluding carboxylic acids is 1. The molecular formula is C17H11ClF4N2O2. The summed E-state index contributed by atoms with van der Waals surface area (Å²) in [5.41, 5.74) is -3.59. The van der Waals surface area contributed by atoms with Crippen LogP contribution < -0.4 is 0 Å². The van der Waals surface area contributed by atoms with E-state index in [1.807, 2.05) is 0 Å². The van der Waals surface area contributed by atoms with E-state index in [0.29, 0.717) is 5.02 Å². The highest BCUT2D eigenvalue weighted by molar-refractivity contribution is 6.30. The number of hydrogen-bond acceptors (Lipinski definition) is 3. The predicted octanol–water partition coefficient (Wildman–Crippen LogP) is 3.98. The van der Waals surface area contributed by atoms with Crippen molar-refractivity contribution in [1.29, 1.82) is 0 Å². The zero-order chi connectivity index (χ0) is 19.1. The van der Waals surface area contributed by atoms with Gasteiger partial charge in [0.1, 0.15) is 5.82 Å². The second kappa shape index (κ2) is 6.37. The Balaban J connectivity index is 2.03. The van der Waals surface area contributed by atoms with Crippen LogP contribution >= 0.6 is 11.6 Å². The van der Waals surface area contributed by atoms with Crippen molar-refractivity contribution in [3.8, 4) is 0 Å². The fourth-order valence-corrected chi connectivity index (χ4v) is 2.62. The van der Waals surface area contributed by atoms with Gasteiger partial charge < -0.3 is 5.11 Å². The largest absolute Gasteiger partial charge is 0.438 e. The molecule has 1 N–H and O–H groups in total. The van der Waals surface area contributed by atoms with Gasteiger partial charge in [-0.3, -0.25) is 4.79 Å². The van der Waals surface area contributed by atoms with E-state index in [2.05, 4.69) is 5.10 Å². The van der Waals surface area contributed by atoms with Crippen molar-refractivity contribution in [3.63, 3.8) is 0 Å². The van der Waals surface area contributed by atoms with Crippen LogP contribution in [0.15, 0.2) is 53.6 Å². The molecule has 9 heteroatoms. The molecule has 1 aliphatic rings. The van der Waals surface area contributed by atoms with Crippen LogP contribution in [0.3, 0.4) is 0 Å². The molecule has 3 rings (SSSR count). The van der Waals surface area contributed by atoms with Gasteiger partial charge in [-0.05, 0) is 42.0 Å². The van der Waals surface area contributed by atoms with Crippen LogP contribution in [0.1, 0.15) is 22.3 Å². The molecule has 1 amide bonds. The van der Waals surface area contributed by atoms with Crippen molar-refractivity contribution >= 4 is 23.2 Å². The van der Waals surface area contributed by atoms with Gasteiger partial charge in [0.15, 0.2) is 0 Å². The monoisotopic (exact) mass is 386 g/mol. The molecule has 0 saturated carbocycles. The summed E-state index contributed by atoms with van der Waals surface area (Å²) in [5.74, 6) is -1.85. The van der Waals surface area contributed by atoms with Gasteiger partial charge in [0.25, 0.3) is 11.6 Å². The summed E-state index contributed by atoms with van der Waals surface area (Å²) in [5, 5.41) is 14.3. The van der Waals surface area contributed by atoms with Crippen molar-refractivity contribution in [1.82, 2.24) is 5.01 Å². The highest BCUT2D eigenvalue weighted by atomic mass is 35.5. The first-order chi connectivity index (χ1) is 12.1. The van der Waals surface area contributed by atoms with Crippen molar-refractivity contribution in [2.75, 3.05) is 0 Å². The van der Waals surface area contributed by atoms with Crippen LogP contribution in [0.25, 0.3) is 0 Å². The first kappa shape index (κ1) is 18.3. The third-order valence-electron chi connectivity index (χ3n) is 3.90. The molecule has 0 aliphatic carbocycles. The molecule has 2 aromatic carbocycles. The molecule has 0 saturated heterocycles. The Hall–Kier alpha value is -2.45. The normalized spacial score (nSPS) is 20.2. The summed E-state index contributed by atoms with van der Waals surface area (Å²) in [7, 11) is 0. The third-order valence-corrected chi connectivity index (χ3v) is 4.15. The number of benzene rings is 2. The number of rotatable bonds is 2. The van der Waals surface area contributed by atoms with E-state index >= 15 is 0 Å². The molecule has 0 aromatic heterocycles. The lowest BCUT2D eigenvalue weighted by atomic mass is 10.0. The van der Waals surface area contributed by atoms with Crippen molar-refractivity contribution in [2.45, 2.75) is 18.3 Å². The Kier molecular flexibility index (Phi) is 4.49. The maximum Gasteiger partial charge on any atom is 0.438 e. The summed E-state index contributed by atoms with van der Waals surface area (Å²) in [6.45, 7) is 0. The minimum atomic E-state index is -5.15. The highest BCUT2D eigenvalue weighted by Gasteiger charge is 2.63. The first-order valence-electron chi connectivity index (χ1n) is 7.34. The van der Waals surface area contributed by atoms with Gasteiger partial charge >= 0.3 is 6.18 Å². The molecule has 0 unspecified atom stereocenters. The number of carbonyl (C=O) groups is 1. The molecule has 26 heavy (non-hydrogen) atoms. The molecule has 0 bridgehead atoms. The molecular weight excluding hydrogens is 376 g/mol. The lowest BCUT2D eigenvalue weighted by molar-refractivity contribution is -0.297. The first-order valence-corrected chi connectivity index (χ1v) is 7.72. The van der Waals surface area contributed by atoms with Crippen LogP contribution in [0.2, 0.25) is 5.02 Å². The molecule has 2 aromatic rings. The van der Waals surface area contributed by atoms with Crippen molar-refractivity contribution < 1.29 is 27.5 Å². The van der Waals surface area contributed by atoms with Crippen LogP contribution in [-0.2, 0) is 0 Å². The predicted molar refractivity (Wildman–Crippen MR) is 86.2 cm³/mol. The minimum absolute atomic E-state index is 0.00974. The van der Waals surface area contributed by atoms with Crippen molar-refractivity contribution in [3.05, 3.63) is 70.5 Å². The van der Waals surface area contributed by atoms with Gasteiger partial charge in [0, 0.05) is 10.6 Å². The maximum atomic E-state index is 13.5. The second-order valence-corrected chi connectivity index (χ2v) is 6.11. The van der Waals surface area contributed by atoms with Crippen LogP contribution in [0, 0.1) is 5.82 Å². The number of alkyl halides is 3. The maximum absolute atomic E-state index is 13.5. The van der Waals surface area contributed by atoms with E-state index in [4.69, 9.17) is 11.6 Å². The Morgan fingerprint density at radius 2 is 1.69 bits per heavy atom. The van der Waals surface area contributed by atoms with Crippen LogP contribution in [0.5, 0.6) is 0 Å². The molecule has 1 heterocycles. The zero-order valence-corrected chi connectivity index (χ0v) is 13.7. The number of aliphatic hydroxyl groups is 1. The quantitative estimate of drug-likeness (QED) is 0.794. The van der Waals surface area contributed by atoms with E-state index in [9.17, 15) is 27.5 Å². The smallest absolute Gasteiger partial charge is 0.362 e. The summed E-state index contributed by atoms with van der Waals surface area (Å²) >= 11 is 5.75. The van der Waals surface area contributed by atoms with E-state index in [-0.39, 0.29) is 21.8 Å². The van der Waals surface area contributed by atoms with Crippen LogP contribution in [-0.4, -0.2) is 33.6 Å².